The van der Waals surface area contributed by atoms with Crippen molar-refractivity contribution in [3.05, 3.63) is 18.0 Å². The minimum atomic E-state index is -0.191. The summed E-state index contributed by atoms with van der Waals surface area (Å²) in [5, 5.41) is 12.5. The standard InChI is InChI=1S/C10H13N3O/c1-3-8(4-5-11)10(14)9-6-12-13(2)7-9/h6-8H,3-4H2,1-2H3. The van der Waals surface area contributed by atoms with E-state index in [2.05, 4.69) is 5.10 Å². The highest BCUT2D eigenvalue weighted by Gasteiger charge is 2.18. The summed E-state index contributed by atoms with van der Waals surface area (Å²) in [4.78, 5) is 11.8. The second-order valence-electron chi connectivity index (χ2n) is 3.23. The van der Waals surface area contributed by atoms with E-state index >= 15 is 0 Å². The summed E-state index contributed by atoms with van der Waals surface area (Å²) in [6, 6.07) is 2.03. The molecule has 1 aromatic rings. The van der Waals surface area contributed by atoms with Crippen molar-refractivity contribution in [2.24, 2.45) is 13.0 Å². The van der Waals surface area contributed by atoms with Gasteiger partial charge in [-0.25, -0.2) is 0 Å². The molecule has 0 radical (unpaired) electrons. The fraction of sp³-hybridized carbons (Fsp3) is 0.500. The average molecular weight is 191 g/mol. The Hall–Kier alpha value is -1.63. The van der Waals surface area contributed by atoms with Crippen molar-refractivity contribution in [2.45, 2.75) is 19.8 Å². The average Bonchev–Trinajstić information content (AvgIpc) is 2.60. The number of aryl methyl sites for hydroxylation is 1. The lowest BCUT2D eigenvalue weighted by atomic mass is 9.95. The minimum absolute atomic E-state index is 0.0159. The zero-order valence-corrected chi connectivity index (χ0v) is 8.40. The quantitative estimate of drug-likeness (QED) is 0.678. The second-order valence-corrected chi connectivity index (χ2v) is 3.23. The number of ketones is 1. The molecule has 0 bridgehead atoms. The predicted octanol–water partition coefficient (Wildman–Crippen LogP) is 1.54. The molecule has 0 saturated heterocycles. The fourth-order valence-corrected chi connectivity index (χ4v) is 1.32. The highest BCUT2D eigenvalue weighted by atomic mass is 16.1. The molecular weight excluding hydrogens is 178 g/mol. The van der Waals surface area contributed by atoms with E-state index in [-0.39, 0.29) is 18.1 Å². The second kappa shape index (κ2) is 4.56. The number of hydrogen-bond acceptors (Lipinski definition) is 3. The highest BCUT2D eigenvalue weighted by molar-refractivity contribution is 5.97. The van der Waals surface area contributed by atoms with E-state index in [4.69, 9.17) is 5.26 Å². The molecule has 74 valence electrons. The number of carbonyl (C=O) groups excluding carboxylic acids is 1. The van der Waals surface area contributed by atoms with Crippen molar-refractivity contribution >= 4 is 5.78 Å². The fourth-order valence-electron chi connectivity index (χ4n) is 1.32. The lowest BCUT2D eigenvalue weighted by Crippen LogP contribution is -2.12. The van der Waals surface area contributed by atoms with Gasteiger partial charge in [0, 0.05) is 25.6 Å². The molecule has 0 fully saturated rings. The van der Waals surface area contributed by atoms with Crippen LogP contribution in [0.2, 0.25) is 0 Å². The summed E-state index contributed by atoms with van der Waals surface area (Å²) >= 11 is 0. The number of aromatic nitrogens is 2. The van der Waals surface area contributed by atoms with Crippen LogP contribution in [0, 0.1) is 17.2 Å². The van der Waals surface area contributed by atoms with E-state index in [1.165, 1.54) is 0 Å². The van der Waals surface area contributed by atoms with Gasteiger partial charge in [-0.3, -0.25) is 9.48 Å². The van der Waals surface area contributed by atoms with Crippen LogP contribution in [0.4, 0.5) is 0 Å². The van der Waals surface area contributed by atoms with Crippen molar-refractivity contribution in [2.75, 3.05) is 0 Å². The Morgan fingerprint density at radius 1 is 1.79 bits per heavy atom. The Morgan fingerprint density at radius 2 is 2.50 bits per heavy atom. The summed E-state index contributed by atoms with van der Waals surface area (Å²) < 4.78 is 1.59. The Balaban J connectivity index is 2.78. The first-order valence-electron chi connectivity index (χ1n) is 4.58. The van der Waals surface area contributed by atoms with Gasteiger partial charge in [0.25, 0.3) is 0 Å². The van der Waals surface area contributed by atoms with Crippen LogP contribution in [-0.2, 0) is 7.05 Å². The monoisotopic (exact) mass is 191 g/mol. The maximum Gasteiger partial charge on any atom is 0.170 e. The molecular formula is C10H13N3O. The Bertz CT molecular complexity index is 362. The maximum absolute atomic E-state index is 11.8. The number of nitrogens with zero attached hydrogens (tertiary/aromatic N) is 3. The number of hydrogen-bond donors (Lipinski definition) is 0. The lowest BCUT2D eigenvalue weighted by molar-refractivity contribution is 0.0918. The van der Waals surface area contributed by atoms with Crippen LogP contribution in [-0.4, -0.2) is 15.6 Å². The summed E-state index contributed by atoms with van der Waals surface area (Å²) in [6.45, 7) is 1.91. The van der Waals surface area contributed by atoms with Gasteiger partial charge in [-0.1, -0.05) is 6.92 Å². The first-order chi connectivity index (χ1) is 6.69. The molecule has 4 nitrogen and oxygen atoms in total. The molecule has 14 heavy (non-hydrogen) atoms. The van der Waals surface area contributed by atoms with Crippen LogP contribution in [0.3, 0.4) is 0 Å². The minimum Gasteiger partial charge on any atom is -0.294 e. The number of nitriles is 1. The van der Waals surface area contributed by atoms with E-state index in [1.807, 2.05) is 13.0 Å². The molecule has 0 spiro atoms. The Kier molecular flexibility index (Phi) is 3.41. The molecule has 0 aliphatic rings. The van der Waals surface area contributed by atoms with Crippen molar-refractivity contribution in [1.29, 1.82) is 5.26 Å². The summed E-state index contributed by atoms with van der Waals surface area (Å²) in [5.41, 5.74) is 0.592. The number of rotatable bonds is 4. The first kappa shape index (κ1) is 10.5. The molecule has 4 heteroatoms. The van der Waals surface area contributed by atoms with Crippen LogP contribution in [0.15, 0.2) is 12.4 Å². The van der Waals surface area contributed by atoms with Gasteiger partial charge in [-0.15, -0.1) is 0 Å². The van der Waals surface area contributed by atoms with Crippen molar-refractivity contribution in [1.82, 2.24) is 9.78 Å². The van der Waals surface area contributed by atoms with E-state index in [1.54, 1.807) is 24.1 Å². The zero-order chi connectivity index (χ0) is 10.6. The van der Waals surface area contributed by atoms with E-state index in [9.17, 15) is 4.79 Å². The third-order valence-corrected chi connectivity index (χ3v) is 2.19. The van der Waals surface area contributed by atoms with Crippen molar-refractivity contribution in [3.63, 3.8) is 0 Å². The van der Waals surface area contributed by atoms with Crippen LogP contribution in [0.25, 0.3) is 0 Å². The van der Waals surface area contributed by atoms with Crippen LogP contribution in [0.5, 0.6) is 0 Å². The van der Waals surface area contributed by atoms with Gasteiger partial charge in [0.1, 0.15) is 0 Å². The van der Waals surface area contributed by atoms with Crippen molar-refractivity contribution < 1.29 is 4.79 Å². The van der Waals surface area contributed by atoms with Crippen LogP contribution in [0.1, 0.15) is 30.1 Å². The molecule has 0 aromatic carbocycles. The molecule has 1 unspecified atom stereocenters. The van der Waals surface area contributed by atoms with E-state index < -0.39 is 0 Å². The number of carbonyl (C=O) groups is 1. The van der Waals surface area contributed by atoms with Crippen LogP contribution >= 0.6 is 0 Å². The molecule has 0 aliphatic carbocycles. The maximum atomic E-state index is 11.8. The number of Topliss-reactive ketones (excluding diaryl/α,β-unsaturated/α-hetero) is 1. The molecule has 0 amide bonds. The molecule has 0 N–H and O–H groups in total. The Labute approximate surface area is 83.1 Å². The zero-order valence-electron chi connectivity index (χ0n) is 8.40. The summed E-state index contributed by atoms with van der Waals surface area (Å²) in [7, 11) is 1.77. The SMILES string of the molecule is CCC(CC#N)C(=O)c1cnn(C)c1. The van der Waals surface area contributed by atoms with Gasteiger partial charge in [-0.05, 0) is 6.42 Å². The van der Waals surface area contributed by atoms with Gasteiger partial charge in [0.05, 0.1) is 17.8 Å². The topological polar surface area (TPSA) is 58.7 Å². The van der Waals surface area contributed by atoms with Gasteiger partial charge < -0.3 is 0 Å². The predicted molar refractivity (Wildman–Crippen MR) is 51.5 cm³/mol. The smallest absolute Gasteiger partial charge is 0.170 e. The molecule has 1 atom stereocenters. The normalized spacial score (nSPS) is 12.1. The summed E-state index contributed by atoms with van der Waals surface area (Å²) in [6.07, 6.45) is 4.20. The third-order valence-electron chi connectivity index (χ3n) is 2.19. The van der Waals surface area contributed by atoms with Gasteiger partial charge >= 0.3 is 0 Å². The third kappa shape index (κ3) is 2.19. The molecule has 1 heterocycles. The van der Waals surface area contributed by atoms with Gasteiger partial charge in [-0.2, -0.15) is 10.4 Å². The summed E-state index contributed by atoms with van der Waals surface area (Å²) in [5.74, 6) is -0.175. The van der Waals surface area contributed by atoms with Crippen molar-refractivity contribution in [3.8, 4) is 6.07 Å². The van der Waals surface area contributed by atoms with E-state index in [0.29, 0.717) is 12.0 Å². The molecule has 1 aromatic heterocycles. The highest BCUT2D eigenvalue weighted by Crippen LogP contribution is 2.14. The lowest BCUT2D eigenvalue weighted by Gasteiger charge is -2.06. The molecule has 0 saturated carbocycles. The largest absolute Gasteiger partial charge is 0.294 e. The van der Waals surface area contributed by atoms with Crippen LogP contribution < -0.4 is 0 Å². The first-order valence-corrected chi connectivity index (χ1v) is 4.58. The van der Waals surface area contributed by atoms with Gasteiger partial charge in [0.15, 0.2) is 5.78 Å². The Morgan fingerprint density at radius 3 is 2.93 bits per heavy atom. The molecule has 0 aliphatic heterocycles. The molecule has 1 rings (SSSR count). The van der Waals surface area contributed by atoms with Gasteiger partial charge in [0.2, 0.25) is 0 Å². The van der Waals surface area contributed by atoms with E-state index in [0.717, 1.165) is 0 Å².